The Hall–Kier alpha value is -1.35. The maximum Gasteiger partial charge on any atom is 0.0582 e. The van der Waals surface area contributed by atoms with E-state index < -0.39 is 0 Å². The predicted octanol–water partition coefficient (Wildman–Crippen LogP) is 4.71. The molecule has 0 unspecified atom stereocenters. The van der Waals surface area contributed by atoms with E-state index in [2.05, 4.69) is 64.3 Å². The van der Waals surface area contributed by atoms with Crippen LogP contribution in [0.2, 0.25) is 0 Å². The van der Waals surface area contributed by atoms with E-state index >= 15 is 0 Å². The van der Waals surface area contributed by atoms with Crippen LogP contribution in [-0.2, 0) is 0 Å². The summed E-state index contributed by atoms with van der Waals surface area (Å²) < 4.78 is 0.973. The van der Waals surface area contributed by atoms with E-state index in [-0.39, 0.29) is 0 Å². The first kappa shape index (κ1) is 12.1. The van der Waals surface area contributed by atoms with Crippen LogP contribution in [-0.4, -0.2) is 4.98 Å². The maximum atomic E-state index is 4.12. The SMILES string of the molecule is CC(C)c1ccc(Nc2cncc(Br)c2)cc1. The Morgan fingerprint density at radius 3 is 2.35 bits per heavy atom. The fourth-order valence-electron chi connectivity index (χ4n) is 1.60. The third-order valence-corrected chi connectivity index (χ3v) is 3.00. The number of benzene rings is 1. The summed E-state index contributed by atoms with van der Waals surface area (Å²) in [6.45, 7) is 4.39. The van der Waals surface area contributed by atoms with Gasteiger partial charge in [0.1, 0.15) is 0 Å². The number of hydrogen-bond donors (Lipinski definition) is 1. The summed E-state index contributed by atoms with van der Waals surface area (Å²) in [5.41, 5.74) is 3.41. The van der Waals surface area contributed by atoms with Crippen LogP contribution in [0.3, 0.4) is 0 Å². The molecule has 0 saturated carbocycles. The molecule has 2 aromatic rings. The molecule has 0 spiro atoms. The van der Waals surface area contributed by atoms with Crippen molar-refractivity contribution in [2.24, 2.45) is 0 Å². The van der Waals surface area contributed by atoms with Crippen LogP contribution >= 0.6 is 15.9 Å². The largest absolute Gasteiger partial charge is 0.354 e. The first-order valence-corrected chi connectivity index (χ1v) is 6.42. The van der Waals surface area contributed by atoms with E-state index in [0.717, 1.165) is 15.8 Å². The Bertz CT molecular complexity index is 492. The first-order valence-electron chi connectivity index (χ1n) is 5.62. The predicted molar refractivity (Wildman–Crippen MR) is 75.8 cm³/mol. The molecule has 0 aliphatic carbocycles. The molecule has 0 amide bonds. The monoisotopic (exact) mass is 290 g/mol. The second kappa shape index (κ2) is 5.32. The van der Waals surface area contributed by atoms with Crippen molar-refractivity contribution in [3.05, 3.63) is 52.8 Å². The Balaban J connectivity index is 2.14. The number of pyridine rings is 1. The Morgan fingerprint density at radius 1 is 1.06 bits per heavy atom. The minimum Gasteiger partial charge on any atom is -0.354 e. The highest BCUT2D eigenvalue weighted by molar-refractivity contribution is 9.10. The quantitative estimate of drug-likeness (QED) is 0.885. The zero-order chi connectivity index (χ0) is 12.3. The van der Waals surface area contributed by atoms with E-state index in [1.165, 1.54) is 5.56 Å². The van der Waals surface area contributed by atoms with Crippen LogP contribution in [0.15, 0.2) is 47.2 Å². The third-order valence-electron chi connectivity index (χ3n) is 2.57. The van der Waals surface area contributed by atoms with E-state index in [1.807, 2.05) is 6.07 Å². The first-order chi connectivity index (χ1) is 8.15. The third kappa shape index (κ3) is 3.30. The smallest absolute Gasteiger partial charge is 0.0582 e. The molecule has 0 atom stereocenters. The topological polar surface area (TPSA) is 24.9 Å². The van der Waals surface area contributed by atoms with Crippen molar-refractivity contribution in [3.63, 3.8) is 0 Å². The maximum absolute atomic E-state index is 4.12. The summed E-state index contributed by atoms with van der Waals surface area (Å²) in [4.78, 5) is 4.12. The zero-order valence-corrected chi connectivity index (χ0v) is 11.5. The number of aromatic nitrogens is 1. The van der Waals surface area contributed by atoms with Gasteiger partial charge in [0, 0.05) is 16.4 Å². The zero-order valence-electron chi connectivity index (χ0n) is 9.94. The van der Waals surface area contributed by atoms with E-state index in [0.29, 0.717) is 5.92 Å². The van der Waals surface area contributed by atoms with Crippen molar-refractivity contribution >= 4 is 27.3 Å². The van der Waals surface area contributed by atoms with Crippen molar-refractivity contribution in [1.29, 1.82) is 0 Å². The number of nitrogens with one attached hydrogen (secondary N) is 1. The van der Waals surface area contributed by atoms with Gasteiger partial charge in [0.05, 0.1) is 11.9 Å². The van der Waals surface area contributed by atoms with Gasteiger partial charge >= 0.3 is 0 Å². The lowest BCUT2D eigenvalue weighted by atomic mass is 10.0. The Kier molecular flexibility index (Phi) is 3.79. The standard InChI is InChI=1S/C14H15BrN2/c1-10(2)11-3-5-13(6-4-11)17-14-7-12(15)8-16-9-14/h3-10,17H,1-2H3. The molecule has 1 N–H and O–H groups in total. The van der Waals surface area contributed by atoms with Gasteiger partial charge in [0.2, 0.25) is 0 Å². The molecule has 0 bridgehead atoms. The van der Waals surface area contributed by atoms with Gasteiger partial charge in [-0.25, -0.2) is 0 Å². The summed E-state index contributed by atoms with van der Waals surface area (Å²) in [5, 5.41) is 3.32. The van der Waals surface area contributed by atoms with Crippen LogP contribution < -0.4 is 5.32 Å². The van der Waals surface area contributed by atoms with Crippen molar-refractivity contribution in [1.82, 2.24) is 4.98 Å². The molecule has 1 aromatic carbocycles. The van der Waals surface area contributed by atoms with Crippen LogP contribution in [0.25, 0.3) is 0 Å². The summed E-state index contributed by atoms with van der Waals surface area (Å²) in [5.74, 6) is 0.566. The number of hydrogen-bond acceptors (Lipinski definition) is 2. The molecule has 0 saturated heterocycles. The highest BCUT2D eigenvalue weighted by Gasteiger charge is 1.99. The van der Waals surface area contributed by atoms with Gasteiger partial charge in [0.25, 0.3) is 0 Å². The molecule has 0 radical (unpaired) electrons. The Labute approximate surface area is 110 Å². The number of halogens is 1. The summed E-state index contributed by atoms with van der Waals surface area (Å²) >= 11 is 3.40. The number of nitrogens with zero attached hydrogens (tertiary/aromatic N) is 1. The average molecular weight is 291 g/mol. The lowest BCUT2D eigenvalue weighted by Gasteiger charge is -2.09. The molecule has 1 aromatic heterocycles. The molecule has 88 valence electrons. The van der Waals surface area contributed by atoms with Crippen molar-refractivity contribution in [3.8, 4) is 0 Å². The van der Waals surface area contributed by atoms with E-state index in [4.69, 9.17) is 0 Å². The van der Waals surface area contributed by atoms with Crippen LogP contribution in [0.1, 0.15) is 25.3 Å². The number of anilines is 2. The molecule has 2 nitrogen and oxygen atoms in total. The molecule has 0 aliphatic rings. The molecule has 3 heteroatoms. The highest BCUT2D eigenvalue weighted by atomic mass is 79.9. The van der Waals surface area contributed by atoms with Crippen LogP contribution in [0.5, 0.6) is 0 Å². The number of rotatable bonds is 3. The Morgan fingerprint density at radius 2 is 1.76 bits per heavy atom. The summed E-state index contributed by atoms with van der Waals surface area (Å²) in [7, 11) is 0. The van der Waals surface area contributed by atoms with Gasteiger partial charge < -0.3 is 5.32 Å². The summed E-state index contributed by atoms with van der Waals surface area (Å²) in [6.07, 6.45) is 3.58. The van der Waals surface area contributed by atoms with Gasteiger partial charge in [0.15, 0.2) is 0 Å². The molecule has 17 heavy (non-hydrogen) atoms. The summed E-state index contributed by atoms with van der Waals surface area (Å²) in [6, 6.07) is 10.5. The minimum absolute atomic E-state index is 0.566. The molecular formula is C14H15BrN2. The average Bonchev–Trinajstić information content (AvgIpc) is 2.29. The lowest BCUT2D eigenvalue weighted by molar-refractivity contribution is 0.867. The fraction of sp³-hybridized carbons (Fsp3) is 0.214. The normalized spacial score (nSPS) is 10.6. The van der Waals surface area contributed by atoms with E-state index in [9.17, 15) is 0 Å². The second-order valence-corrected chi connectivity index (χ2v) is 5.21. The van der Waals surface area contributed by atoms with E-state index in [1.54, 1.807) is 12.4 Å². The van der Waals surface area contributed by atoms with Crippen molar-refractivity contribution in [2.45, 2.75) is 19.8 Å². The van der Waals surface area contributed by atoms with Crippen LogP contribution in [0.4, 0.5) is 11.4 Å². The van der Waals surface area contributed by atoms with Gasteiger partial charge in [-0.2, -0.15) is 0 Å². The van der Waals surface area contributed by atoms with Crippen molar-refractivity contribution in [2.75, 3.05) is 5.32 Å². The fourth-order valence-corrected chi connectivity index (χ4v) is 1.96. The van der Waals surface area contributed by atoms with Gasteiger partial charge in [-0.3, -0.25) is 4.98 Å². The van der Waals surface area contributed by atoms with Crippen LogP contribution in [0, 0.1) is 0 Å². The minimum atomic E-state index is 0.566. The molecule has 0 aliphatic heterocycles. The molecule has 2 rings (SSSR count). The molecular weight excluding hydrogens is 276 g/mol. The van der Waals surface area contributed by atoms with Gasteiger partial charge in [-0.05, 0) is 45.6 Å². The second-order valence-electron chi connectivity index (χ2n) is 4.29. The highest BCUT2D eigenvalue weighted by Crippen LogP contribution is 2.21. The molecule has 1 heterocycles. The lowest BCUT2D eigenvalue weighted by Crippen LogP contribution is -1.92. The van der Waals surface area contributed by atoms with Crippen molar-refractivity contribution < 1.29 is 0 Å². The van der Waals surface area contributed by atoms with Gasteiger partial charge in [-0.15, -0.1) is 0 Å². The van der Waals surface area contributed by atoms with Gasteiger partial charge in [-0.1, -0.05) is 26.0 Å². The molecule has 0 fully saturated rings.